The molecule has 0 bridgehead atoms. The average molecular weight is 388 g/mol. The molecule has 0 spiro atoms. The Morgan fingerprint density at radius 3 is 2.57 bits per heavy atom. The predicted molar refractivity (Wildman–Crippen MR) is 108 cm³/mol. The highest BCUT2D eigenvalue weighted by molar-refractivity contribution is 6.12. The van der Waals surface area contributed by atoms with Crippen molar-refractivity contribution in [3.05, 3.63) is 23.9 Å². The summed E-state index contributed by atoms with van der Waals surface area (Å²) >= 11 is 0. The van der Waals surface area contributed by atoms with Crippen molar-refractivity contribution < 1.29 is 24.0 Å². The van der Waals surface area contributed by atoms with Gasteiger partial charge in [0.1, 0.15) is 11.4 Å². The van der Waals surface area contributed by atoms with Crippen molar-refractivity contribution in [3.63, 3.8) is 0 Å². The standard InChI is InChI=1S/C21H29N3O4/c1-13-10-14(2)12-24(11-13)9-8-17(25)23-19-18-15(6-5-7-16(18)27-3)22-20(19)21(26)28-4/h5-7,13-14,22H,8-12H2,1-4H3,(H,23,25)/p+1/t13-,14+. The summed E-state index contributed by atoms with van der Waals surface area (Å²) in [5, 5.41) is 3.59. The van der Waals surface area contributed by atoms with Gasteiger partial charge >= 0.3 is 5.97 Å². The fraction of sp³-hybridized carbons (Fsp3) is 0.524. The Morgan fingerprint density at radius 2 is 1.93 bits per heavy atom. The number of anilines is 1. The van der Waals surface area contributed by atoms with E-state index in [0.29, 0.717) is 40.6 Å². The molecule has 152 valence electrons. The molecule has 7 heteroatoms. The summed E-state index contributed by atoms with van der Waals surface area (Å²) in [6.07, 6.45) is 1.66. The molecule has 7 nitrogen and oxygen atoms in total. The summed E-state index contributed by atoms with van der Waals surface area (Å²) in [5.41, 5.74) is 1.35. The number of aromatic amines is 1. The molecule has 1 amide bonds. The van der Waals surface area contributed by atoms with Crippen molar-refractivity contribution in [1.29, 1.82) is 0 Å². The van der Waals surface area contributed by atoms with Crippen LogP contribution in [0, 0.1) is 11.8 Å². The van der Waals surface area contributed by atoms with Gasteiger partial charge in [-0.25, -0.2) is 4.79 Å². The number of aromatic nitrogens is 1. The quantitative estimate of drug-likeness (QED) is 0.660. The zero-order valence-corrected chi connectivity index (χ0v) is 17.1. The van der Waals surface area contributed by atoms with Crippen LogP contribution in [0.25, 0.3) is 10.9 Å². The SMILES string of the molecule is COC(=O)c1[nH]c2cccc(OC)c2c1NC(=O)CC[NH+]1C[C@H](C)C[C@H](C)C1. The molecule has 1 saturated heterocycles. The minimum Gasteiger partial charge on any atom is -0.496 e. The normalized spacial score (nSPS) is 22.1. The van der Waals surface area contributed by atoms with E-state index in [0.717, 1.165) is 19.6 Å². The van der Waals surface area contributed by atoms with Gasteiger partial charge in [0, 0.05) is 11.8 Å². The van der Waals surface area contributed by atoms with E-state index in [1.807, 2.05) is 12.1 Å². The Kier molecular flexibility index (Phi) is 6.24. The van der Waals surface area contributed by atoms with E-state index in [1.165, 1.54) is 18.4 Å². The summed E-state index contributed by atoms with van der Waals surface area (Å²) in [6, 6.07) is 5.46. The van der Waals surface area contributed by atoms with E-state index >= 15 is 0 Å². The minimum absolute atomic E-state index is 0.115. The van der Waals surface area contributed by atoms with E-state index < -0.39 is 5.97 Å². The molecule has 0 aliphatic carbocycles. The molecule has 0 radical (unpaired) electrons. The van der Waals surface area contributed by atoms with Gasteiger partial charge in [0.2, 0.25) is 5.91 Å². The predicted octanol–water partition coefficient (Wildman–Crippen LogP) is 1.85. The largest absolute Gasteiger partial charge is 0.496 e. The Balaban J connectivity index is 1.78. The molecule has 3 N–H and O–H groups in total. The Hall–Kier alpha value is -2.54. The number of fused-ring (bicyclic) bond motifs is 1. The van der Waals surface area contributed by atoms with Gasteiger partial charge in [-0.15, -0.1) is 0 Å². The molecule has 1 unspecified atom stereocenters. The summed E-state index contributed by atoms with van der Waals surface area (Å²) in [6.45, 7) is 7.54. The van der Waals surface area contributed by atoms with Gasteiger partial charge in [0.25, 0.3) is 0 Å². The first-order valence-electron chi connectivity index (χ1n) is 9.83. The van der Waals surface area contributed by atoms with Crippen molar-refractivity contribution in [2.45, 2.75) is 26.7 Å². The molecule has 3 rings (SSSR count). The topological polar surface area (TPSA) is 84.9 Å². The maximum atomic E-state index is 12.7. The van der Waals surface area contributed by atoms with E-state index in [-0.39, 0.29) is 11.6 Å². The number of hydrogen-bond donors (Lipinski definition) is 3. The Morgan fingerprint density at radius 1 is 1.21 bits per heavy atom. The number of hydrogen-bond acceptors (Lipinski definition) is 4. The summed E-state index contributed by atoms with van der Waals surface area (Å²) in [4.78, 5) is 29.4. The first-order valence-corrected chi connectivity index (χ1v) is 9.83. The van der Waals surface area contributed by atoms with Crippen LogP contribution in [0.4, 0.5) is 5.69 Å². The van der Waals surface area contributed by atoms with Crippen molar-refractivity contribution in [3.8, 4) is 5.75 Å². The van der Waals surface area contributed by atoms with E-state index in [4.69, 9.17) is 9.47 Å². The van der Waals surface area contributed by atoms with Gasteiger partial charge in [0.05, 0.1) is 56.9 Å². The number of quaternary nitrogens is 1. The highest BCUT2D eigenvalue weighted by Gasteiger charge is 2.26. The molecule has 1 aromatic heterocycles. The van der Waals surface area contributed by atoms with Gasteiger partial charge < -0.3 is 24.7 Å². The maximum absolute atomic E-state index is 12.7. The van der Waals surface area contributed by atoms with Gasteiger partial charge in [-0.1, -0.05) is 19.9 Å². The average Bonchev–Trinajstić information content (AvgIpc) is 3.03. The molecule has 1 fully saturated rings. The zero-order valence-electron chi connectivity index (χ0n) is 17.1. The number of piperidine rings is 1. The lowest BCUT2D eigenvalue weighted by Crippen LogP contribution is -3.14. The molecule has 2 aromatic rings. The number of benzene rings is 1. The zero-order chi connectivity index (χ0) is 20.3. The van der Waals surface area contributed by atoms with Crippen molar-refractivity contribution in [1.82, 2.24) is 4.98 Å². The lowest BCUT2D eigenvalue weighted by atomic mass is 9.92. The van der Waals surface area contributed by atoms with Crippen molar-refractivity contribution in [2.24, 2.45) is 11.8 Å². The second-order valence-electron chi connectivity index (χ2n) is 7.90. The third-order valence-corrected chi connectivity index (χ3v) is 5.44. The highest BCUT2D eigenvalue weighted by Crippen LogP contribution is 2.35. The summed E-state index contributed by atoms with van der Waals surface area (Å²) in [7, 11) is 2.88. The number of carbonyl (C=O) groups excluding carboxylic acids is 2. The third kappa shape index (κ3) is 4.30. The number of esters is 1. The minimum atomic E-state index is -0.530. The number of amides is 1. The second-order valence-corrected chi connectivity index (χ2v) is 7.90. The highest BCUT2D eigenvalue weighted by atomic mass is 16.5. The van der Waals surface area contributed by atoms with Crippen molar-refractivity contribution >= 4 is 28.5 Å². The van der Waals surface area contributed by atoms with Crippen molar-refractivity contribution in [2.75, 3.05) is 39.2 Å². The number of nitrogens with one attached hydrogen (secondary N) is 3. The van der Waals surface area contributed by atoms with E-state index in [1.54, 1.807) is 13.2 Å². The third-order valence-electron chi connectivity index (χ3n) is 5.44. The number of H-pyrrole nitrogens is 1. The maximum Gasteiger partial charge on any atom is 0.356 e. The van der Waals surface area contributed by atoms with Crippen LogP contribution in [0.5, 0.6) is 5.75 Å². The molecular formula is C21H30N3O4+. The van der Waals surface area contributed by atoms with E-state index in [9.17, 15) is 9.59 Å². The van der Waals surface area contributed by atoms with Crippen LogP contribution >= 0.6 is 0 Å². The molecule has 1 aromatic carbocycles. The van der Waals surface area contributed by atoms with Gasteiger partial charge in [0.15, 0.2) is 0 Å². The summed E-state index contributed by atoms with van der Waals surface area (Å²) < 4.78 is 10.3. The van der Waals surface area contributed by atoms with Crippen LogP contribution in [0.3, 0.4) is 0 Å². The monoisotopic (exact) mass is 388 g/mol. The number of ether oxygens (including phenoxy) is 2. The summed E-state index contributed by atoms with van der Waals surface area (Å²) in [5.74, 6) is 1.31. The lowest BCUT2D eigenvalue weighted by Gasteiger charge is -2.31. The van der Waals surface area contributed by atoms with Crippen LogP contribution in [0.2, 0.25) is 0 Å². The molecule has 28 heavy (non-hydrogen) atoms. The first-order chi connectivity index (χ1) is 13.4. The molecule has 3 atom stereocenters. The van der Waals surface area contributed by atoms with E-state index in [2.05, 4.69) is 24.1 Å². The van der Waals surface area contributed by atoms with Gasteiger partial charge in [-0.05, 0) is 18.6 Å². The lowest BCUT2D eigenvalue weighted by molar-refractivity contribution is -0.911. The smallest absolute Gasteiger partial charge is 0.356 e. The molecular weight excluding hydrogens is 358 g/mol. The van der Waals surface area contributed by atoms with Crippen LogP contribution in [-0.4, -0.2) is 50.7 Å². The fourth-order valence-electron chi connectivity index (χ4n) is 4.38. The van der Waals surface area contributed by atoms with Gasteiger partial charge in [-0.3, -0.25) is 4.79 Å². The molecule has 1 aliphatic rings. The number of carbonyl (C=O) groups is 2. The number of likely N-dealkylation sites (tertiary alicyclic amines) is 1. The van der Waals surface area contributed by atoms with Crippen LogP contribution < -0.4 is 15.0 Å². The van der Waals surface area contributed by atoms with Crippen LogP contribution in [0.15, 0.2) is 18.2 Å². The Bertz CT molecular complexity index is 851. The molecule has 1 aliphatic heterocycles. The van der Waals surface area contributed by atoms with Gasteiger partial charge in [-0.2, -0.15) is 0 Å². The first kappa shape index (κ1) is 20.2. The molecule has 2 heterocycles. The molecule has 0 saturated carbocycles. The fourth-order valence-corrected chi connectivity index (χ4v) is 4.38. The second kappa shape index (κ2) is 8.65. The number of methoxy groups -OCH3 is 2. The van der Waals surface area contributed by atoms with Crippen LogP contribution in [-0.2, 0) is 9.53 Å². The Labute approximate surface area is 165 Å². The number of rotatable bonds is 6. The van der Waals surface area contributed by atoms with Crippen LogP contribution in [0.1, 0.15) is 37.2 Å².